The molecule has 0 bridgehead atoms. The lowest BCUT2D eigenvalue weighted by molar-refractivity contribution is 1.45. The summed E-state index contributed by atoms with van der Waals surface area (Å²) in [5, 5.41) is 0. The Labute approximate surface area is 55.0 Å². The average Bonchev–Trinajstić information content (AvgIpc) is 1.61. The number of rotatable bonds is 3. The zero-order valence-corrected chi connectivity index (χ0v) is 7.79. The van der Waals surface area contributed by atoms with Crippen molar-refractivity contribution >= 4 is 37.9 Å². The Balaban J connectivity index is 2.34. The summed E-state index contributed by atoms with van der Waals surface area (Å²) < 4.78 is 1.46. The van der Waals surface area contributed by atoms with E-state index >= 15 is 0 Å². The van der Waals surface area contributed by atoms with Crippen LogP contribution in [0.3, 0.4) is 0 Å². The molecule has 0 fully saturated rings. The second-order valence-corrected chi connectivity index (χ2v) is 7.44. The van der Waals surface area contributed by atoms with Gasteiger partial charge in [-0.25, -0.2) is 0 Å². The minimum Gasteiger partial charge on any atom is -0.346 e. The highest BCUT2D eigenvalue weighted by molar-refractivity contribution is 6.96. The van der Waals surface area contributed by atoms with Crippen LogP contribution in [0.1, 0.15) is 6.92 Å². The SMILES string of the molecule is CC[SiH2][CH2][Mg][Cl]. The molecule has 0 amide bonds. The molecule has 6 heavy (non-hydrogen) atoms. The minimum absolute atomic E-state index is 0.0631. The zero-order chi connectivity index (χ0) is 4.83. The Bertz CT molecular complexity index is 22.8. The topological polar surface area (TPSA) is 0 Å². The molecule has 0 aromatic heterocycles. The average molecular weight is 133 g/mol. The van der Waals surface area contributed by atoms with E-state index in [4.69, 9.17) is 9.07 Å². The Hall–Kier alpha value is 1.27. The highest BCUT2D eigenvalue weighted by Crippen LogP contribution is 1.82. The predicted octanol–water partition coefficient (Wildman–Crippen LogP) is 0.827. The largest absolute Gasteiger partial charge is 0.497 e. The molecule has 0 spiro atoms. The van der Waals surface area contributed by atoms with Gasteiger partial charge in [0.25, 0.3) is 0 Å². The maximum absolute atomic E-state index is 5.55. The second kappa shape index (κ2) is 6.27. The molecule has 0 radical (unpaired) electrons. The smallest absolute Gasteiger partial charge is 0.346 e. The van der Waals surface area contributed by atoms with Crippen molar-refractivity contribution in [2.75, 3.05) is 0 Å². The van der Waals surface area contributed by atoms with E-state index in [9.17, 15) is 0 Å². The van der Waals surface area contributed by atoms with Gasteiger partial charge in [0.15, 0.2) is 0 Å². The number of hydrogen-bond acceptors (Lipinski definition) is 0. The number of halogens is 1. The van der Waals surface area contributed by atoms with Crippen molar-refractivity contribution in [3.8, 4) is 0 Å². The van der Waals surface area contributed by atoms with E-state index in [0.29, 0.717) is 9.52 Å². The molecule has 0 rings (SSSR count). The first-order valence-corrected chi connectivity index (χ1v) is 7.61. The van der Waals surface area contributed by atoms with Gasteiger partial charge in [-0.1, -0.05) is 13.0 Å². The van der Waals surface area contributed by atoms with E-state index in [1.807, 2.05) is 0 Å². The molecule has 0 aliphatic rings. The third kappa shape index (κ3) is 5.27. The molecule has 0 N–H and O–H groups in total. The maximum atomic E-state index is 5.55. The molecular weight excluding hydrogens is 124 g/mol. The van der Waals surface area contributed by atoms with Crippen molar-refractivity contribution in [2.24, 2.45) is 0 Å². The van der Waals surface area contributed by atoms with Crippen molar-refractivity contribution in [2.45, 2.75) is 17.1 Å². The highest BCUT2D eigenvalue weighted by atomic mass is 35.5. The van der Waals surface area contributed by atoms with E-state index in [1.165, 1.54) is 10.2 Å². The van der Waals surface area contributed by atoms with Gasteiger partial charge >= 0.3 is 19.3 Å². The summed E-state index contributed by atoms with van der Waals surface area (Å²) in [5.41, 5.74) is 0. The van der Waals surface area contributed by atoms with Crippen LogP contribution in [0.15, 0.2) is 0 Å². The first-order chi connectivity index (χ1) is 2.91. The van der Waals surface area contributed by atoms with E-state index in [2.05, 4.69) is 6.92 Å². The number of hydrogen-bond donors (Lipinski definition) is 0. The summed E-state index contributed by atoms with van der Waals surface area (Å²) in [5.74, 6) is 0. The van der Waals surface area contributed by atoms with Crippen LogP contribution < -0.4 is 0 Å². The molecule has 0 unspecified atom stereocenters. The Morgan fingerprint density at radius 3 is 2.67 bits per heavy atom. The first kappa shape index (κ1) is 7.27. The monoisotopic (exact) mass is 132 g/mol. The van der Waals surface area contributed by atoms with Gasteiger partial charge in [-0.3, -0.25) is 0 Å². The van der Waals surface area contributed by atoms with Crippen LogP contribution in [0.25, 0.3) is 0 Å². The van der Waals surface area contributed by atoms with Gasteiger partial charge in [0.2, 0.25) is 0 Å². The van der Waals surface area contributed by atoms with Crippen molar-refractivity contribution in [1.29, 1.82) is 0 Å². The van der Waals surface area contributed by atoms with E-state index in [-0.39, 0.29) is 19.3 Å². The molecule has 3 heteroatoms. The van der Waals surface area contributed by atoms with Gasteiger partial charge in [-0.2, -0.15) is 0 Å². The predicted molar refractivity (Wildman–Crippen MR) is 35.4 cm³/mol. The van der Waals surface area contributed by atoms with Crippen LogP contribution in [0.4, 0.5) is 0 Å². The van der Waals surface area contributed by atoms with Crippen LogP contribution in [0.2, 0.25) is 10.2 Å². The second-order valence-electron chi connectivity index (χ2n) is 1.40. The molecule has 0 heterocycles. The van der Waals surface area contributed by atoms with Gasteiger partial charge in [-0.15, -0.1) is 4.17 Å². The fraction of sp³-hybridized carbons (Fsp3) is 1.00. The van der Waals surface area contributed by atoms with Crippen molar-refractivity contribution in [1.82, 2.24) is 0 Å². The lowest BCUT2D eigenvalue weighted by atomic mass is 11.0. The fourth-order valence-electron chi connectivity index (χ4n) is 0.344. The van der Waals surface area contributed by atoms with Crippen LogP contribution in [-0.2, 0) is 0 Å². The molecule has 0 aliphatic carbocycles. The van der Waals surface area contributed by atoms with Gasteiger partial charge < -0.3 is 9.07 Å². The Morgan fingerprint density at radius 1 is 1.83 bits per heavy atom. The van der Waals surface area contributed by atoms with E-state index in [0.717, 1.165) is 0 Å². The van der Waals surface area contributed by atoms with Crippen LogP contribution >= 0.6 is 9.07 Å². The molecule has 0 atom stereocenters. The molecule has 0 saturated heterocycles. The Kier molecular flexibility index (Phi) is 7.60. The van der Waals surface area contributed by atoms with E-state index < -0.39 is 0 Å². The van der Waals surface area contributed by atoms with Gasteiger partial charge in [0.05, 0.1) is 0 Å². The van der Waals surface area contributed by atoms with Gasteiger partial charge in [0.1, 0.15) is 0 Å². The third-order valence-corrected chi connectivity index (χ3v) is 6.92. The van der Waals surface area contributed by atoms with E-state index in [1.54, 1.807) is 0 Å². The molecule has 0 aromatic carbocycles. The summed E-state index contributed by atoms with van der Waals surface area (Å²) >= 11 is -0.0631. The summed E-state index contributed by atoms with van der Waals surface area (Å²) in [7, 11) is 5.91. The summed E-state index contributed by atoms with van der Waals surface area (Å²) in [6, 6.07) is 1.44. The maximum Gasteiger partial charge on any atom is 0.497 e. The first-order valence-electron chi connectivity index (χ1n) is 2.47. The van der Waals surface area contributed by atoms with Crippen molar-refractivity contribution in [3.63, 3.8) is 0 Å². The standard InChI is InChI=1S/C3H9Si.ClH.Mg/c1-3-4-2;;/h2-4H2,1H3;1H;/q;;+1/p-1. The Morgan fingerprint density at radius 2 is 2.50 bits per heavy atom. The summed E-state index contributed by atoms with van der Waals surface area (Å²) in [6.45, 7) is 2.26. The third-order valence-electron chi connectivity index (χ3n) is 0.737. The fourth-order valence-corrected chi connectivity index (χ4v) is 4.80. The van der Waals surface area contributed by atoms with Crippen molar-refractivity contribution < 1.29 is 0 Å². The van der Waals surface area contributed by atoms with Crippen LogP contribution in [0, 0.1) is 0 Å². The van der Waals surface area contributed by atoms with Crippen molar-refractivity contribution in [3.05, 3.63) is 0 Å². The summed E-state index contributed by atoms with van der Waals surface area (Å²) in [6.07, 6.45) is 0. The van der Waals surface area contributed by atoms with Gasteiger partial charge in [0, 0.05) is 0 Å². The van der Waals surface area contributed by atoms with Gasteiger partial charge in [-0.05, 0) is 9.52 Å². The van der Waals surface area contributed by atoms with Crippen LogP contribution in [0.5, 0.6) is 0 Å². The molecule has 0 aromatic rings. The highest BCUT2D eigenvalue weighted by Gasteiger charge is 1.86. The molecule has 0 nitrogen and oxygen atoms in total. The normalized spacial score (nSPS) is 9.67. The quantitative estimate of drug-likeness (QED) is 0.395. The molecule has 0 saturated carbocycles. The molecule has 0 aliphatic heterocycles. The zero-order valence-electron chi connectivity index (χ0n) is 4.21. The lowest BCUT2D eigenvalue weighted by Gasteiger charge is -1.81. The van der Waals surface area contributed by atoms with Crippen LogP contribution in [-0.4, -0.2) is 28.8 Å². The summed E-state index contributed by atoms with van der Waals surface area (Å²) in [4.78, 5) is 0. The lowest BCUT2D eigenvalue weighted by Crippen LogP contribution is -1.87. The minimum atomic E-state index is -0.0631. The molecular formula is C3H9ClMgSi. The molecule has 34 valence electrons.